The van der Waals surface area contributed by atoms with Crippen LogP contribution in [0.25, 0.3) is 11.4 Å². The highest BCUT2D eigenvalue weighted by atomic mass is 16.5. The van der Waals surface area contributed by atoms with Gasteiger partial charge in [-0.3, -0.25) is 19.4 Å². The number of carbonyl (C=O) groups is 3. The second-order valence-electron chi connectivity index (χ2n) is 9.81. The van der Waals surface area contributed by atoms with Gasteiger partial charge in [-0.2, -0.15) is 4.98 Å². The second-order valence-corrected chi connectivity index (χ2v) is 9.81. The molecule has 2 aromatic rings. The molecule has 0 unspecified atom stereocenters. The first-order valence-corrected chi connectivity index (χ1v) is 12.5. The zero-order chi connectivity index (χ0) is 24.4. The molecule has 0 radical (unpaired) electrons. The van der Waals surface area contributed by atoms with Crippen molar-refractivity contribution in [1.29, 1.82) is 0 Å². The Kier molecular flexibility index (Phi) is 6.55. The van der Waals surface area contributed by atoms with E-state index in [4.69, 9.17) is 4.52 Å². The standard InChI is InChI=1S/C25H32N6O4/c1-18-6-8-19(9-7-18)22-26-20(35-28-22)17-29-13-15-30(16-14-29)21(32)5-4-12-31-23(33)25(27-24(31)34)10-2-3-11-25/h6-9H,2-5,10-17H2,1H3,(H,27,34). The van der Waals surface area contributed by atoms with Crippen molar-refractivity contribution in [3.05, 3.63) is 35.7 Å². The fourth-order valence-electron chi connectivity index (χ4n) is 5.23. The van der Waals surface area contributed by atoms with Crippen LogP contribution in [0.4, 0.5) is 4.79 Å². The van der Waals surface area contributed by atoms with Crippen LogP contribution in [0.3, 0.4) is 0 Å². The van der Waals surface area contributed by atoms with E-state index < -0.39 is 5.54 Å². The third kappa shape index (κ3) is 4.93. The van der Waals surface area contributed by atoms with Crippen molar-refractivity contribution in [3.8, 4) is 11.4 Å². The summed E-state index contributed by atoms with van der Waals surface area (Å²) in [6.45, 7) is 5.59. The van der Waals surface area contributed by atoms with Gasteiger partial charge in [0.2, 0.25) is 17.6 Å². The maximum absolute atomic E-state index is 12.7. The maximum atomic E-state index is 12.7. The van der Waals surface area contributed by atoms with Crippen molar-refractivity contribution < 1.29 is 18.9 Å². The number of imide groups is 1. The zero-order valence-corrected chi connectivity index (χ0v) is 20.2. The van der Waals surface area contributed by atoms with Gasteiger partial charge in [-0.1, -0.05) is 47.8 Å². The van der Waals surface area contributed by atoms with Crippen molar-refractivity contribution >= 4 is 17.8 Å². The lowest BCUT2D eigenvalue weighted by molar-refractivity contribution is -0.134. The van der Waals surface area contributed by atoms with Crippen LogP contribution in [-0.2, 0) is 16.1 Å². The van der Waals surface area contributed by atoms with Gasteiger partial charge in [-0.25, -0.2) is 4.79 Å². The van der Waals surface area contributed by atoms with E-state index >= 15 is 0 Å². The quantitative estimate of drug-likeness (QED) is 0.606. The summed E-state index contributed by atoms with van der Waals surface area (Å²) in [5.74, 6) is 1.09. The SMILES string of the molecule is Cc1ccc(-c2noc(CN3CCN(C(=O)CCCN4C(=O)NC5(CCCC5)C4=O)CC3)n2)cc1. The van der Waals surface area contributed by atoms with Gasteiger partial charge in [0, 0.05) is 44.7 Å². The molecule has 3 aliphatic rings. The van der Waals surface area contributed by atoms with Gasteiger partial charge in [0.05, 0.1) is 6.54 Å². The summed E-state index contributed by atoms with van der Waals surface area (Å²) in [5, 5.41) is 6.98. The van der Waals surface area contributed by atoms with E-state index in [-0.39, 0.29) is 17.8 Å². The minimum atomic E-state index is -0.684. The van der Waals surface area contributed by atoms with E-state index in [1.807, 2.05) is 36.1 Å². The highest BCUT2D eigenvalue weighted by Gasteiger charge is 2.52. The van der Waals surface area contributed by atoms with Crippen LogP contribution in [0.15, 0.2) is 28.8 Å². The van der Waals surface area contributed by atoms with Crippen LogP contribution in [-0.4, -0.2) is 80.9 Å². The lowest BCUT2D eigenvalue weighted by atomic mass is 9.98. The molecule has 0 bridgehead atoms. The largest absolute Gasteiger partial charge is 0.340 e. The molecule has 1 saturated carbocycles. The first-order chi connectivity index (χ1) is 16.9. The summed E-state index contributed by atoms with van der Waals surface area (Å²) in [6, 6.07) is 7.68. The number of aryl methyl sites for hydroxylation is 1. The molecule has 10 heteroatoms. The number of benzene rings is 1. The maximum Gasteiger partial charge on any atom is 0.325 e. The Bertz CT molecular complexity index is 1080. The molecule has 1 N–H and O–H groups in total. The van der Waals surface area contributed by atoms with Gasteiger partial charge in [0.25, 0.3) is 5.91 Å². The minimum Gasteiger partial charge on any atom is -0.340 e. The summed E-state index contributed by atoms with van der Waals surface area (Å²) in [7, 11) is 0. The van der Waals surface area contributed by atoms with Crippen molar-refractivity contribution in [2.24, 2.45) is 0 Å². The van der Waals surface area contributed by atoms with Gasteiger partial charge in [-0.05, 0) is 26.2 Å². The van der Waals surface area contributed by atoms with Crippen molar-refractivity contribution in [2.45, 2.75) is 57.5 Å². The summed E-state index contributed by atoms with van der Waals surface area (Å²) in [6.07, 6.45) is 4.17. The fourth-order valence-corrected chi connectivity index (χ4v) is 5.23. The number of hydrogen-bond acceptors (Lipinski definition) is 7. The van der Waals surface area contributed by atoms with Crippen LogP contribution in [0.1, 0.15) is 50.0 Å². The highest BCUT2D eigenvalue weighted by Crippen LogP contribution is 2.35. The molecule has 186 valence electrons. The predicted octanol–water partition coefficient (Wildman–Crippen LogP) is 2.33. The molecule has 35 heavy (non-hydrogen) atoms. The summed E-state index contributed by atoms with van der Waals surface area (Å²) in [4.78, 5) is 47.6. The van der Waals surface area contributed by atoms with E-state index in [2.05, 4.69) is 20.4 Å². The topological polar surface area (TPSA) is 112 Å². The molecule has 2 aliphatic heterocycles. The zero-order valence-electron chi connectivity index (χ0n) is 20.2. The number of nitrogens with zero attached hydrogens (tertiary/aromatic N) is 5. The second kappa shape index (κ2) is 9.77. The van der Waals surface area contributed by atoms with E-state index in [0.29, 0.717) is 63.6 Å². The number of piperazine rings is 1. The monoisotopic (exact) mass is 480 g/mol. The first-order valence-electron chi connectivity index (χ1n) is 12.5. The van der Waals surface area contributed by atoms with Crippen LogP contribution < -0.4 is 5.32 Å². The fraction of sp³-hybridized carbons (Fsp3) is 0.560. The third-order valence-corrected chi connectivity index (χ3v) is 7.34. The molecule has 1 aromatic carbocycles. The average Bonchev–Trinajstić information content (AvgIpc) is 3.57. The van der Waals surface area contributed by atoms with E-state index in [1.54, 1.807) is 0 Å². The number of amides is 4. The molecule has 5 rings (SSSR count). The van der Waals surface area contributed by atoms with E-state index in [0.717, 1.165) is 31.5 Å². The van der Waals surface area contributed by atoms with Gasteiger partial charge < -0.3 is 14.7 Å². The van der Waals surface area contributed by atoms with E-state index in [9.17, 15) is 14.4 Å². The van der Waals surface area contributed by atoms with Gasteiger partial charge in [0.15, 0.2) is 0 Å². The van der Waals surface area contributed by atoms with Gasteiger partial charge in [-0.15, -0.1) is 0 Å². The number of hydrogen-bond donors (Lipinski definition) is 1. The van der Waals surface area contributed by atoms with E-state index in [1.165, 1.54) is 10.5 Å². The summed E-state index contributed by atoms with van der Waals surface area (Å²) < 4.78 is 5.43. The van der Waals surface area contributed by atoms with Crippen LogP contribution >= 0.6 is 0 Å². The molecule has 4 amide bonds. The minimum absolute atomic E-state index is 0.0618. The Morgan fingerprint density at radius 2 is 1.80 bits per heavy atom. The average molecular weight is 481 g/mol. The summed E-state index contributed by atoms with van der Waals surface area (Å²) in [5.41, 5.74) is 1.42. The molecular formula is C25H32N6O4. The molecule has 0 atom stereocenters. The van der Waals surface area contributed by atoms with Gasteiger partial charge in [0.1, 0.15) is 5.54 Å². The Labute approximate surface area is 204 Å². The Morgan fingerprint density at radius 3 is 2.51 bits per heavy atom. The number of aromatic nitrogens is 2. The molecule has 1 spiro atoms. The molecule has 2 saturated heterocycles. The molecule has 1 aliphatic carbocycles. The lowest BCUT2D eigenvalue weighted by Crippen LogP contribution is -2.48. The Morgan fingerprint density at radius 1 is 1.09 bits per heavy atom. The van der Waals surface area contributed by atoms with Crippen LogP contribution in [0.5, 0.6) is 0 Å². The third-order valence-electron chi connectivity index (χ3n) is 7.34. The van der Waals surface area contributed by atoms with Crippen LogP contribution in [0, 0.1) is 6.92 Å². The smallest absolute Gasteiger partial charge is 0.325 e. The highest BCUT2D eigenvalue weighted by molar-refractivity contribution is 6.07. The van der Waals surface area contributed by atoms with Crippen molar-refractivity contribution in [3.63, 3.8) is 0 Å². The first kappa shape index (κ1) is 23.5. The molecule has 1 aromatic heterocycles. The van der Waals surface area contributed by atoms with Crippen molar-refractivity contribution in [2.75, 3.05) is 32.7 Å². The normalized spacial score (nSPS) is 20.1. The van der Waals surface area contributed by atoms with Crippen LogP contribution in [0.2, 0.25) is 0 Å². The number of nitrogens with one attached hydrogen (secondary N) is 1. The summed E-state index contributed by atoms with van der Waals surface area (Å²) >= 11 is 0. The van der Waals surface area contributed by atoms with Crippen molar-refractivity contribution in [1.82, 2.24) is 30.2 Å². The van der Waals surface area contributed by atoms with Gasteiger partial charge >= 0.3 is 6.03 Å². The lowest BCUT2D eigenvalue weighted by Gasteiger charge is -2.34. The molecule has 3 fully saturated rings. The molecule has 10 nitrogen and oxygen atoms in total. The molecule has 3 heterocycles. The number of carbonyl (C=O) groups excluding carboxylic acids is 3. The Balaban J connectivity index is 1.05. The number of urea groups is 1. The predicted molar refractivity (Wildman–Crippen MR) is 127 cm³/mol. The molecular weight excluding hydrogens is 448 g/mol. The Hall–Kier alpha value is -3.27. The number of rotatable bonds is 7.